The molecule has 1 aliphatic heterocycles. The number of nitriles is 1. The summed E-state index contributed by atoms with van der Waals surface area (Å²) in [5, 5.41) is 21.9. The van der Waals surface area contributed by atoms with Crippen LogP contribution in [0.5, 0.6) is 0 Å². The van der Waals surface area contributed by atoms with E-state index < -0.39 is 28.9 Å². The van der Waals surface area contributed by atoms with E-state index in [1.807, 2.05) is 29.2 Å². The molecule has 0 spiro atoms. The summed E-state index contributed by atoms with van der Waals surface area (Å²) in [6.07, 6.45) is -3.87. The minimum Gasteiger partial charge on any atom is -0.379 e. The third-order valence-corrected chi connectivity index (χ3v) is 6.36. The molecule has 2 aromatic carbocycles. The fourth-order valence-corrected chi connectivity index (χ4v) is 4.28. The van der Waals surface area contributed by atoms with E-state index in [0.29, 0.717) is 32.2 Å². The summed E-state index contributed by atoms with van der Waals surface area (Å²) in [6.45, 7) is 3.67. The molecule has 0 radical (unpaired) electrons. The monoisotopic (exact) mass is 527 g/mol. The molecular formula is C27H25F4N5O2. The van der Waals surface area contributed by atoms with Crippen LogP contribution in [-0.4, -0.2) is 59.2 Å². The predicted molar refractivity (Wildman–Crippen MR) is 134 cm³/mol. The van der Waals surface area contributed by atoms with Gasteiger partial charge in [0.15, 0.2) is 11.3 Å². The fourth-order valence-electron chi connectivity index (χ4n) is 4.28. The molecule has 2 N–H and O–H groups in total. The summed E-state index contributed by atoms with van der Waals surface area (Å²) in [5.74, 6) is -1.17. The van der Waals surface area contributed by atoms with Gasteiger partial charge in [0.25, 0.3) is 5.91 Å². The van der Waals surface area contributed by atoms with Crippen molar-refractivity contribution in [2.75, 3.05) is 42.9 Å². The lowest BCUT2D eigenvalue weighted by molar-refractivity contribution is -0.138. The number of carbonyl (C=O) groups excluding carboxylic acids is 1. The topological polar surface area (TPSA) is 92.5 Å². The first-order valence-electron chi connectivity index (χ1n) is 11.8. The first-order valence-corrected chi connectivity index (χ1v) is 11.8. The first-order chi connectivity index (χ1) is 18.0. The van der Waals surface area contributed by atoms with E-state index in [4.69, 9.17) is 5.26 Å². The normalized spacial score (nSPS) is 16.0. The Morgan fingerprint density at radius 2 is 1.63 bits per heavy atom. The molecule has 0 bridgehead atoms. The maximum absolute atomic E-state index is 13.2. The van der Waals surface area contributed by atoms with Gasteiger partial charge in [0.2, 0.25) is 0 Å². The Morgan fingerprint density at radius 1 is 1.05 bits per heavy atom. The van der Waals surface area contributed by atoms with Gasteiger partial charge in [-0.05, 0) is 48.4 Å². The average molecular weight is 528 g/mol. The van der Waals surface area contributed by atoms with Crippen molar-refractivity contribution in [3.05, 3.63) is 77.9 Å². The van der Waals surface area contributed by atoms with Crippen molar-refractivity contribution in [3.8, 4) is 17.2 Å². The summed E-state index contributed by atoms with van der Waals surface area (Å²) >= 11 is 0. The van der Waals surface area contributed by atoms with Crippen LogP contribution in [0.3, 0.4) is 0 Å². The number of amides is 1. The smallest absolute Gasteiger partial charge is 0.379 e. The Labute approximate surface area is 216 Å². The van der Waals surface area contributed by atoms with Crippen LogP contribution in [0.2, 0.25) is 0 Å². The van der Waals surface area contributed by atoms with Crippen LogP contribution in [0.15, 0.2) is 60.8 Å². The van der Waals surface area contributed by atoms with E-state index in [0.717, 1.165) is 23.0 Å². The standard InChI is InChI=1S/C27H25F4N5O2/c1-26(38,25(37)34-21-14-23(27(29,30)31)24(15-32)33-16-21)17-35-10-12-36(13-11-35)22-8-4-19(5-9-22)18-2-6-20(28)7-3-18/h2-9,14,16,38H,10-13,17H2,1H3,(H,34,37)/t26-/m0/s1. The number of rotatable bonds is 6. The largest absolute Gasteiger partial charge is 0.419 e. The SMILES string of the molecule is C[C@](O)(CN1CCN(c2ccc(-c3ccc(F)cc3)cc2)CC1)C(=O)Nc1cnc(C#N)c(C(F)(F)F)c1. The Hall–Kier alpha value is -4.01. The van der Waals surface area contributed by atoms with E-state index in [-0.39, 0.29) is 18.0 Å². The van der Waals surface area contributed by atoms with E-state index in [1.165, 1.54) is 25.1 Å². The third kappa shape index (κ3) is 6.27. The molecule has 4 rings (SSSR count). The summed E-state index contributed by atoms with van der Waals surface area (Å²) in [6, 6.07) is 16.2. The zero-order valence-electron chi connectivity index (χ0n) is 20.5. The quantitative estimate of drug-likeness (QED) is 0.465. The number of nitrogens with zero attached hydrogens (tertiary/aromatic N) is 4. The molecule has 0 unspecified atom stereocenters. The summed E-state index contributed by atoms with van der Waals surface area (Å²) in [5.41, 5.74) is -1.33. The summed E-state index contributed by atoms with van der Waals surface area (Å²) < 4.78 is 52.7. The number of anilines is 2. The molecule has 3 aromatic rings. The number of halogens is 4. The fraction of sp³-hybridized carbons (Fsp3) is 0.296. The van der Waals surface area contributed by atoms with Gasteiger partial charge in [0.1, 0.15) is 11.9 Å². The second kappa shape index (κ2) is 10.8. The number of alkyl halides is 3. The van der Waals surface area contributed by atoms with Crippen LogP contribution in [0.4, 0.5) is 28.9 Å². The van der Waals surface area contributed by atoms with Crippen LogP contribution in [0.25, 0.3) is 11.1 Å². The van der Waals surface area contributed by atoms with Crippen LogP contribution in [0.1, 0.15) is 18.2 Å². The van der Waals surface area contributed by atoms with Crippen LogP contribution >= 0.6 is 0 Å². The molecule has 198 valence electrons. The average Bonchev–Trinajstić information content (AvgIpc) is 2.89. The highest BCUT2D eigenvalue weighted by molar-refractivity contribution is 5.97. The number of pyridine rings is 1. The number of piperazine rings is 1. The van der Waals surface area contributed by atoms with E-state index in [9.17, 15) is 27.5 Å². The number of nitrogens with one attached hydrogen (secondary N) is 1. The predicted octanol–water partition coefficient (Wildman–Crippen LogP) is 4.29. The highest BCUT2D eigenvalue weighted by atomic mass is 19.4. The third-order valence-electron chi connectivity index (χ3n) is 6.36. The van der Waals surface area contributed by atoms with E-state index >= 15 is 0 Å². The van der Waals surface area contributed by atoms with Gasteiger partial charge in [0.05, 0.1) is 17.4 Å². The van der Waals surface area contributed by atoms with Gasteiger partial charge in [-0.1, -0.05) is 24.3 Å². The first kappa shape index (κ1) is 27.0. The van der Waals surface area contributed by atoms with Crippen molar-refractivity contribution in [1.82, 2.24) is 9.88 Å². The Balaban J connectivity index is 1.33. The maximum atomic E-state index is 13.2. The number of hydrogen-bond donors (Lipinski definition) is 2. The van der Waals surface area contributed by atoms with Crippen LogP contribution in [-0.2, 0) is 11.0 Å². The van der Waals surface area contributed by atoms with Gasteiger partial charge in [-0.15, -0.1) is 0 Å². The molecule has 38 heavy (non-hydrogen) atoms. The second-order valence-corrected chi connectivity index (χ2v) is 9.27. The number of benzene rings is 2. The lowest BCUT2D eigenvalue weighted by Crippen LogP contribution is -2.54. The van der Waals surface area contributed by atoms with Gasteiger partial charge in [-0.2, -0.15) is 18.4 Å². The molecule has 0 aliphatic carbocycles. The Bertz CT molecular complexity index is 1330. The van der Waals surface area contributed by atoms with Crippen molar-refractivity contribution in [2.45, 2.75) is 18.7 Å². The van der Waals surface area contributed by atoms with Crippen molar-refractivity contribution >= 4 is 17.3 Å². The van der Waals surface area contributed by atoms with Crippen molar-refractivity contribution in [3.63, 3.8) is 0 Å². The maximum Gasteiger partial charge on any atom is 0.419 e. The zero-order chi connectivity index (χ0) is 27.5. The molecule has 1 atom stereocenters. The van der Waals surface area contributed by atoms with Crippen molar-refractivity contribution in [1.29, 1.82) is 5.26 Å². The number of aromatic nitrogens is 1. The van der Waals surface area contributed by atoms with Crippen molar-refractivity contribution < 1.29 is 27.5 Å². The lowest BCUT2D eigenvalue weighted by Gasteiger charge is -2.38. The lowest BCUT2D eigenvalue weighted by atomic mass is 10.0. The molecular weight excluding hydrogens is 502 g/mol. The molecule has 7 nitrogen and oxygen atoms in total. The Morgan fingerprint density at radius 3 is 2.18 bits per heavy atom. The number of carbonyl (C=O) groups is 1. The zero-order valence-corrected chi connectivity index (χ0v) is 20.5. The molecule has 1 fully saturated rings. The van der Waals surface area contributed by atoms with Gasteiger partial charge < -0.3 is 15.3 Å². The van der Waals surface area contributed by atoms with E-state index in [2.05, 4.69) is 15.2 Å². The number of β-amino-alcohol motifs (C(OH)–C–C–N with tert-alkyl or cyclic N) is 1. The Kier molecular flexibility index (Phi) is 7.66. The van der Waals surface area contributed by atoms with E-state index in [1.54, 1.807) is 12.1 Å². The van der Waals surface area contributed by atoms with Crippen LogP contribution in [0, 0.1) is 17.1 Å². The highest BCUT2D eigenvalue weighted by Gasteiger charge is 2.37. The number of hydrogen-bond acceptors (Lipinski definition) is 6. The molecule has 0 saturated carbocycles. The van der Waals surface area contributed by atoms with Gasteiger partial charge in [-0.25, -0.2) is 9.37 Å². The summed E-state index contributed by atoms with van der Waals surface area (Å²) in [4.78, 5) is 20.2. The van der Waals surface area contributed by atoms with Gasteiger partial charge >= 0.3 is 6.18 Å². The second-order valence-electron chi connectivity index (χ2n) is 9.27. The molecule has 1 aromatic heterocycles. The molecule has 1 amide bonds. The highest BCUT2D eigenvalue weighted by Crippen LogP contribution is 2.33. The minimum atomic E-state index is -4.82. The molecule has 1 saturated heterocycles. The summed E-state index contributed by atoms with van der Waals surface area (Å²) in [7, 11) is 0. The van der Waals surface area contributed by atoms with Gasteiger partial charge in [0, 0.05) is 38.4 Å². The van der Waals surface area contributed by atoms with Gasteiger partial charge in [-0.3, -0.25) is 9.69 Å². The molecule has 2 heterocycles. The van der Waals surface area contributed by atoms with Crippen molar-refractivity contribution in [2.24, 2.45) is 0 Å². The minimum absolute atomic E-state index is 0.0218. The molecule has 11 heteroatoms. The van der Waals surface area contributed by atoms with Crippen LogP contribution < -0.4 is 10.2 Å². The number of aliphatic hydroxyl groups is 1. The molecule has 1 aliphatic rings.